The zero-order valence-corrected chi connectivity index (χ0v) is 22.6. The molecule has 0 radical (unpaired) electrons. The van der Waals surface area contributed by atoms with Crippen LogP contribution >= 0.6 is 27.3 Å². The van der Waals surface area contributed by atoms with Gasteiger partial charge in [0.15, 0.2) is 10.9 Å². The Hall–Kier alpha value is -3.82. The molecule has 0 spiro atoms. The predicted octanol–water partition coefficient (Wildman–Crippen LogP) is 6.26. The van der Waals surface area contributed by atoms with Crippen LogP contribution in [0.5, 0.6) is 0 Å². The van der Waals surface area contributed by atoms with Gasteiger partial charge in [0, 0.05) is 10.7 Å². The van der Waals surface area contributed by atoms with E-state index in [-0.39, 0.29) is 17.0 Å². The first-order valence-corrected chi connectivity index (χ1v) is 13.2. The summed E-state index contributed by atoms with van der Waals surface area (Å²) in [5, 5.41) is 12.0. The number of pyridine rings is 1. The topological polar surface area (TPSA) is 87.8 Å². The van der Waals surface area contributed by atoms with Crippen LogP contribution in [0, 0.1) is 20.8 Å². The van der Waals surface area contributed by atoms with Crippen LogP contribution in [0.4, 0.5) is 5.13 Å². The second kappa shape index (κ2) is 8.64. The number of fused-ring (bicyclic) bond motifs is 2. The zero-order chi connectivity index (χ0) is 26.0. The molecule has 5 aromatic rings. The number of carbonyl (C=O) groups excluding carboxylic acids is 2. The van der Waals surface area contributed by atoms with Crippen molar-refractivity contribution in [2.75, 3.05) is 4.90 Å². The maximum Gasteiger partial charge on any atom is 0.301 e. The van der Waals surface area contributed by atoms with Crippen molar-refractivity contribution in [2.24, 2.45) is 0 Å². The molecule has 2 aromatic carbocycles. The van der Waals surface area contributed by atoms with Gasteiger partial charge in [0.2, 0.25) is 0 Å². The molecular formula is C28H21BrN4O3S. The molecule has 3 aromatic heterocycles. The number of imidazole rings is 1. The third kappa shape index (κ3) is 3.69. The minimum atomic E-state index is -0.861. The van der Waals surface area contributed by atoms with Crippen molar-refractivity contribution in [3.05, 3.63) is 98.9 Å². The summed E-state index contributed by atoms with van der Waals surface area (Å²) >= 11 is 4.80. The van der Waals surface area contributed by atoms with Crippen LogP contribution < -0.4 is 4.90 Å². The molecule has 1 N–H and O–H groups in total. The number of benzene rings is 2. The van der Waals surface area contributed by atoms with E-state index in [4.69, 9.17) is 0 Å². The van der Waals surface area contributed by atoms with Crippen LogP contribution in [0.2, 0.25) is 0 Å². The smallest absolute Gasteiger partial charge is 0.301 e. The molecule has 1 unspecified atom stereocenters. The fourth-order valence-electron chi connectivity index (χ4n) is 4.79. The van der Waals surface area contributed by atoms with Crippen LogP contribution in [-0.2, 0) is 9.59 Å². The summed E-state index contributed by atoms with van der Waals surface area (Å²) in [4.78, 5) is 37.8. The number of amides is 1. The summed E-state index contributed by atoms with van der Waals surface area (Å²) in [5.74, 6) is -1.80. The van der Waals surface area contributed by atoms with Crippen LogP contribution in [-0.4, -0.2) is 31.2 Å². The summed E-state index contributed by atoms with van der Waals surface area (Å²) in [6, 6.07) is 16.2. The van der Waals surface area contributed by atoms with Crippen molar-refractivity contribution < 1.29 is 14.7 Å². The Morgan fingerprint density at radius 2 is 1.78 bits per heavy atom. The van der Waals surface area contributed by atoms with E-state index in [9.17, 15) is 14.7 Å². The molecule has 1 amide bonds. The molecular weight excluding hydrogens is 552 g/mol. The SMILES string of the molecule is Cc1ccc2nc(N3C(=O)C(=O)/C(=C(/O)c4nc5c(C)cccn5c4C)C3c3ccc(Br)cc3)sc2c1. The highest BCUT2D eigenvalue weighted by atomic mass is 79.9. The van der Waals surface area contributed by atoms with Gasteiger partial charge in [-0.1, -0.05) is 51.5 Å². The van der Waals surface area contributed by atoms with Crippen molar-refractivity contribution in [2.45, 2.75) is 26.8 Å². The molecule has 184 valence electrons. The number of aliphatic hydroxyl groups excluding tert-OH is 1. The van der Waals surface area contributed by atoms with Gasteiger partial charge in [-0.05, 0) is 67.8 Å². The molecule has 1 fully saturated rings. The average Bonchev–Trinajstić information content (AvgIpc) is 3.52. The highest BCUT2D eigenvalue weighted by Crippen LogP contribution is 2.44. The number of hydrogen-bond acceptors (Lipinski definition) is 6. The number of aliphatic hydroxyl groups is 1. The molecule has 1 aliphatic heterocycles. The Kier molecular flexibility index (Phi) is 5.50. The summed E-state index contributed by atoms with van der Waals surface area (Å²) in [6.07, 6.45) is 1.86. The van der Waals surface area contributed by atoms with Gasteiger partial charge in [0.1, 0.15) is 11.3 Å². The van der Waals surface area contributed by atoms with E-state index < -0.39 is 17.7 Å². The van der Waals surface area contributed by atoms with E-state index in [2.05, 4.69) is 25.9 Å². The fourth-order valence-corrected chi connectivity index (χ4v) is 6.14. The predicted molar refractivity (Wildman–Crippen MR) is 148 cm³/mol. The first kappa shape index (κ1) is 23.6. The van der Waals surface area contributed by atoms with Crippen molar-refractivity contribution in [3.8, 4) is 0 Å². The second-order valence-corrected chi connectivity index (χ2v) is 11.0. The number of hydrogen-bond donors (Lipinski definition) is 1. The number of aryl methyl sites for hydroxylation is 3. The Morgan fingerprint density at radius 1 is 1.03 bits per heavy atom. The number of ketones is 1. The summed E-state index contributed by atoms with van der Waals surface area (Å²) in [7, 11) is 0. The normalized spacial score (nSPS) is 17.4. The molecule has 1 saturated heterocycles. The number of aromatic nitrogens is 3. The zero-order valence-electron chi connectivity index (χ0n) is 20.2. The summed E-state index contributed by atoms with van der Waals surface area (Å²) in [6.45, 7) is 5.75. The maximum absolute atomic E-state index is 13.5. The second-order valence-electron chi connectivity index (χ2n) is 9.12. The summed E-state index contributed by atoms with van der Waals surface area (Å²) in [5.41, 5.74) is 5.04. The number of carbonyl (C=O) groups is 2. The minimum Gasteiger partial charge on any atom is -0.505 e. The Balaban J connectivity index is 1.60. The molecule has 9 heteroatoms. The Bertz CT molecular complexity index is 1780. The highest BCUT2D eigenvalue weighted by Gasteiger charge is 2.48. The third-order valence-electron chi connectivity index (χ3n) is 6.68. The lowest BCUT2D eigenvalue weighted by Gasteiger charge is -2.22. The van der Waals surface area contributed by atoms with E-state index in [0.717, 1.165) is 25.8 Å². The van der Waals surface area contributed by atoms with Gasteiger partial charge in [0.25, 0.3) is 5.78 Å². The molecule has 4 heterocycles. The molecule has 6 rings (SSSR count). The largest absolute Gasteiger partial charge is 0.505 e. The van der Waals surface area contributed by atoms with Crippen LogP contribution in [0.25, 0.3) is 21.6 Å². The molecule has 0 aliphatic carbocycles. The maximum atomic E-state index is 13.5. The van der Waals surface area contributed by atoms with E-state index in [1.165, 1.54) is 16.2 Å². The van der Waals surface area contributed by atoms with Gasteiger partial charge >= 0.3 is 5.91 Å². The Labute approximate surface area is 224 Å². The van der Waals surface area contributed by atoms with Crippen LogP contribution in [0.3, 0.4) is 0 Å². The van der Waals surface area contributed by atoms with Crippen molar-refractivity contribution in [3.63, 3.8) is 0 Å². The number of halogens is 1. The first-order valence-electron chi connectivity index (χ1n) is 11.6. The van der Waals surface area contributed by atoms with Crippen molar-refractivity contribution >= 4 is 65.7 Å². The van der Waals surface area contributed by atoms with Gasteiger partial charge in [-0.25, -0.2) is 9.97 Å². The molecule has 1 aliphatic rings. The Morgan fingerprint density at radius 3 is 2.51 bits per heavy atom. The quantitative estimate of drug-likeness (QED) is 0.157. The lowest BCUT2D eigenvalue weighted by Crippen LogP contribution is -2.29. The van der Waals surface area contributed by atoms with E-state index in [1.54, 1.807) is 0 Å². The van der Waals surface area contributed by atoms with Gasteiger partial charge in [-0.15, -0.1) is 0 Å². The van der Waals surface area contributed by atoms with E-state index >= 15 is 0 Å². The highest BCUT2D eigenvalue weighted by molar-refractivity contribution is 9.10. The van der Waals surface area contributed by atoms with Gasteiger partial charge in [-0.3, -0.25) is 14.5 Å². The fraction of sp³-hybridized carbons (Fsp3) is 0.143. The van der Waals surface area contributed by atoms with Crippen molar-refractivity contribution in [1.29, 1.82) is 0 Å². The van der Waals surface area contributed by atoms with Gasteiger partial charge in [0.05, 0.1) is 27.5 Å². The van der Waals surface area contributed by atoms with E-state index in [0.29, 0.717) is 22.0 Å². The number of anilines is 1. The monoisotopic (exact) mass is 572 g/mol. The van der Waals surface area contributed by atoms with E-state index in [1.807, 2.05) is 86.0 Å². The molecule has 1 atom stereocenters. The standard InChI is InChI=1S/C28H21BrN4O3S/c1-14-6-11-19-20(13-14)37-28(30-19)33-23(17-7-9-18(29)10-8-17)21(25(35)27(33)36)24(34)22-16(3)32-12-4-5-15(2)26(32)31-22/h4-13,23,34H,1-3H3/b24-21+. The van der Waals surface area contributed by atoms with Crippen LogP contribution in [0.1, 0.15) is 34.1 Å². The first-order chi connectivity index (χ1) is 17.7. The lowest BCUT2D eigenvalue weighted by molar-refractivity contribution is -0.132. The number of rotatable bonds is 3. The number of Topliss-reactive ketones (excluding diaryl/α,β-unsaturated/α-hetero) is 1. The molecule has 0 bridgehead atoms. The lowest BCUT2D eigenvalue weighted by atomic mass is 9.96. The summed E-state index contributed by atoms with van der Waals surface area (Å²) < 4.78 is 3.64. The molecule has 37 heavy (non-hydrogen) atoms. The van der Waals surface area contributed by atoms with Gasteiger partial charge in [-0.2, -0.15) is 0 Å². The average molecular weight is 573 g/mol. The number of nitrogens with zero attached hydrogens (tertiary/aromatic N) is 4. The molecule has 7 nitrogen and oxygen atoms in total. The van der Waals surface area contributed by atoms with Crippen molar-refractivity contribution in [1.82, 2.24) is 14.4 Å². The van der Waals surface area contributed by atoms with Gasteiger partial charge < -0.3 is 9.51 Å². The number of thiazole rings is 1. The third-order valence-corrected chi connectivity index (χ3v) is 8.22. The van der Waals surface area contributed by atoms with Crippen LogP contribution in [0.15, 0.2) is 70.8 Å². The minimum absolute atomic E-state index is 0.00748. The molecule has 0 saturated carbocycles.